The Morgan fingerprint density at radius 1 is 0.404 bits per heavy atom. The van der Waals surface area contributed by atoms with Crippen LogP contribution in [0.15, 0.2) is 212 Å². The van der Waals surface area contributed by atoms with Gasteiger partial charge in [-0.3, -0.25) is 10.1 Å². The molecular formula is C44H27CuN5O2. The molecule has 0 unspecified atom stereocenters. The molecule has 5 aliphatic rings. The molecule has 251 valence electrons. The van der Waals surface area contributed by atoms with Gasteiger partial charge in [-0.15, -0.1) is 0 Å². The molecule has 1 radical (unpaired) electrons. The van der Waals surface area contributed by atoms with Crippen molar-refractivity contribution >= 4 is 45.1 Å². The molecule has 0 saturated heterocycles. The number of rotatable bonds is 5. The minimum Gasteiger partial charge on any atom is -0.258 e. The van der Waals surface area contributed by atoms with Gasteiger partial charge in [-0.2, -0.15) is 0 Å². The number of nitro groups is 1. The van der Waals surface area contributed by atoms with E-state index in [2.05, 4.69) is 12.1 Å². The van der Waals surface area contributed by atoms with Crippen LogP contribution in [0.3, 0.4) is 0 Å². The molecule has 0 spiro atoms. The van der Waals surface area contributed by atoms with Crippen LogP contribution in [0.25, 0.3) is 22.3 Å². The second-order valence-corrected chi connectivity index (χ2v) is 12.2. The fourth-order valence-electron chi connectivity index (χ4n) is 6.89. The van der Waals surface area contributed by atoms with Crippen LogP contribution < -0.4 is 0 Å². The van der Waals surface area contributed by atoms with Crippen molar-refractivity contribution in [2.75, 3.05) is 0 Å². The van der Waals surface area contributed by atoms with Crippen molar-refractivity contribution in [3.63, 3.8) is 0 Å². The maximum Gasteiger partial charge on any atom is 0.297 e. The van der Waals surface area contributed by atoms with E-state index in [4.69, 9.17) is 20.0 Å². The Kier molecular flexibility index (Phi) is 8.53. The second kappa shape index (κ2) is 13.6. The topological polar surface area (TPSA) is 92.6 Å². The summed E-state index contributed by atoms with van der Waals surface area (Å²) >= 11 is 0. The van der Waals surface area contributed by atoms with Crippen molar-refractivity contribution in [1.82, 2.24) is 0 Å². The van der Waals surface area contributed by atoms with Crippen LogP contribution in [-0.2, 0) is 17.1 Å². The van der Waals surface area contributed by atoms with Gasteiger partial charge in [-0.05, 0) is 58.7 Å². The molecule has 52 heavy (non-hydrogen) atoms. The van der Waals surface area contributed by atoms with Gasteiger partial charge in [0.1, 0.15) is 0 Å². The van der Waals surface area contributed by atoms with E-state index in [1.807, 2.05) is 146 Å². The molecule has 0 atom stereocenters. The molecule has 8 heteroatoms. The van der Waals surface area contributed by atoms with Gasteiger partial charge in [0.15, 0.2) is 5.70 Å². The largest absolute Gasteiger partial charge is 0.297 e. The SMILES string of the molecule is O=[N+]([O-])C1=CC2=NC1=C(c1ccccc1)C1=NC(=C(c3ccccc3)C3=NC(=C(c4ccccc4)C4=NC(=C2c2ccccc2)C=C4)C=C3)C=C1.[Cu]. The van der Waals surface area contributed by atoms with Crippen molar-refractivity contribution in [2.45, 2.75) is 0 Å². The van der Waals surface area contributed by atoms with Crippen LogP contribution in [0.1, 0.15) is 22.3 Å². The van der Waals surface area contributed by atoms with Crippen LogP contribution >= 0.6 is 0 Å². The van der Waals surface area contributed by atoms with Gasteiger partial charge in [0.25, 0.3) is 5.70 Å². The summed E-state index contributed by atoms with van der Waals surface area (Å²) in [6.07, 6.45) is 13.4. The van der Waals surface area contributed by atoms with Crippen molar-refractivity contribution in [3.05, 3.63) is 225 Å². The maximum absolute atomic E-state index is 12.9. The molecular weight excluding hydrogens is 694 g/mol. The van der Waals surface area contributed by atoms with E-state index in [9.17, 15) is 10.1 Å². The predicted octanol–water partition coefficient (Wildman–Crippen LogP) is 9.29. The third-order valence-corrected chi connectivity index (χ3v) is 9.14. The minimum atomic E-state index is -0.364. The first-order valence-corrected chi connectivity index (χ1v) is 16.6. The number of allylic oxidation sites excluding steroid dienone is 11. The predicted molar refractivity (Wildman–Crippen MR) is 206 cm³/mol. The molecule has 7 nitrogen and oxygen atoms in total. The number of nitrogens with zero attached hydrogens (tertiary/aromatic N) is 5. The van der Waals surface area contributed by atoms with Gasteiger partial charge in [-0.25, -0.2) is 20.0 Å². The molecule has 0 fully saturated rings. The number of aliphatic imine (C=N–C) groups is 4. The monoisotopic (exact) mass is 720 g/mol. The molecule has 0 amide bonds. The molecule has 5 heterocycles. The van der Waals surface area contributed by atoms with Crippen LogP contribution in [0.2, 0.25) is 0 Å². The van der Waals surface area contributed by atoms with Crippen LogP contribution in [-0.4, -0.2) is 27.8 Å². The third-order valence-electron chi connectivity index (χ3n) is 9.14. The van der Waals surface area contributed by atoms with Crippen LogP contribution in [0, 0.1) is 10.1 Å². The van der Waals surface area contributed by atoms with Crippen molar-refractivity contribution in [3.8, 4) is 0 Å². The maximum atomic E-state index is 12.9. The summed E-state index contributed by atoms with van der Waals surface area (Å²) in [5.41, 5.74) is 11.3. The number of hydrogen-bond donors (Lipinski definition) is 0. The number of hydrogen-bond acceptors (Lipinski definition) is 6. The standard InChI is InChI=1S/C44H27N5O2.Cu/c50-49(51)39-27-38-42(30-17-9-3-10-18-30)36-24-23-34(46-36)40(28-13-5-1-6-14-28)32-21-22-33(45-32)41(29-15-7-2-8-16-29)35-25-26-37(47-35)43(44(39)48-38)31-19-11-4-12-20-31;/h1-27H;. The summed E-state index contributed by atoms with van der Waals surface area (Å²) in [7, 11) is 0. The Hall–Kier alpha value is -6.60. The molecule has 0 saturated carbocycles. The van der Waals surface area contributed by atoms with E-state index in [1.54, 1.807) is 6.08 Å². The quantitative estimate of drug-likeness (QED) is 0.117. The Morgan fingerprint density at radius 3 is 1.10 bits per heavy atom. The third kappa shape index (κ3) is 5.76. The zero-order chi connectivity index (χ0) is 34.3. The van der Waals surface area contributed by atoms with E-state index < -0.39 is 0 Å². The van der Waals surface area contributed by atoms with Crippen molar-refractivity contribution < 1.29 is 22.0 Å². The summed E-state index contributed by atoms with van der Waals surface area (Å²) < 4.78 is 0. The fourth-order valence-corrected chi connectivity index (χ4v) is 6.89. The van der Waals surface area contributed by atoms with E-state index in [0.717, 1.165) is 50.5 Å². The van der Waals surface area contributed by atoms with Gasteiger partial charge in [0.2, 0.25) is 0 Å². The summed E-state index contributed by atoms with van der Waals surface area (Å²) in [4.78, 5) is 33.2. The number of benzene rings is 4. The van der Waals surface area contributed by atoms with Crippen molar-refractivity contribution in [1.29, 1.82) is 0 Å². The summed E-state index contributed by atoms with van der Waals surface area (Å²) in [6.45, 7) is 0. The average Bonchev–Trinajstić information content (AvgIpc) is 4.00. The van der Waals surface area contributed by atoms with Gasteiger partial charge in [0.05, 0.1) is 44.9 Å². The summed E-state index contributed by atoms with van der Waals surface area (Å²) in [5.74, 6) is 0. The second-order valence-electron chi connectivity index (χ2n) is 12.2. The molecule has 0 aromatic heterocycles. The first-order chi connectivity index (χ1) is 25.1. The van der Waals surface area contributed by atoms with Crippen LogP contribution in [0.4, 0.5) is 0 Å². The molecule has 4 aromatic carbocycles. The molecule has 4 aromatic rings. The molecule has 0 N–H and O–H groups in total. The zero-order valence-electron chi connectivity index (χ0n) is 27.4. The zero-order valence-corrected chi connectivity index (χ0v) is 28.4. The number of fused-ring (bicyclic) bond motifs is 4. The summed E-state index contributed by atoms with van der Waals surface area (Å²) in [6, 6.07) is 39.5. The Labute approximate surface area is 310 Å². The van der Waals surface area contributed by atoms with Crippen LogP contribution in [0.5, 0.6) is 0 Å². The smallest absolute Gasteiger partial charge is 0.258 e. The van der Waals surface area contributed by atoms with E-state index in [0.29, 0.717) is 34.0 Å². The molecule has 0 aliphatic carbocycles. The minimum absolute atomic E-state index is 0. The Bertz CT molecular complexity index is 2550. The van der Waals surface area contributed by atoms with Gasteiger partial charge < -0.3 is 0 Å². The molecule has 5 aliphatic heterocycles. The van der Waals surface area contributed by atoms with Crippen molar-refractivity contribution in [2.24, 2.45) is 20.0 Å². The normalized spacial score (nSPS) is 17.3. The van der Waals surface area contributed by atoms with Gasteiger partial charge in [-0.1, -0.05) is 121 Å². The van der Waals surface area contributed by atoms with E-state index >= 15 is 0 Å². The van der Waals surface area contributed by atoms with Gasteiger partial charge in [0, 0.05) is 45.4 Å². The Balaban J connectivity index is 0.00000387. The van der Waals surface area contributed by atoms with E-state index in [1.165, 1.54) is 0 Å². The first kappa shape index (κ1) is 32.6. The Morgan fingerprint density at radius 2 is 0.731 bits per heavy atom. The first-order valence-electron chi connectivity index (χ1n) is 16.6. The summed E-state index contributed by atoms with van der Waals surface area (Å²) in [5, 5.41) is 12.9. The molecule has 9 rings (SSSR count). The average molecular weight is 721 g/mol. The molecule has 8 bridgehead atoms. The van der Waals surface area contributed by atoms with E-state index in [-0.39, 0.29) is 33.4 Å². The fraction of sp³-hybridized carbons (Fsp3) is 0. The van der Waals surface area contributed by atoms with Gasteiger partial charge >= 0.3 is 0 Å².